The van der Waals surface area contributed by atoms with E-state index in [-0.39, 0.29) is 0 Å². The van der Waals surface area contributed by atoms with E-state index < -0.39 is 8.07 Å². The van der Waals surface area contributed by atoms with Crippen LogP contribution in [0.1, 0.15) is 0 Å². The van der Waals surface area contributed by atoms with Crippen LogP contribution in [0.15, 0.2) is 24.3 Å². The van der Waals surface area contributed by atoms with Gasteiger partial charge in [-0.05, 0) is 24.4 Å². The molecule has 1 aromatic rings. The van der Waals surface area contributed by atoms with Gasteiger partial charge in [-0.3, -0.25) is 0 Å². The zero-order valence-corrected chi connectivity index (χ0v) is 12.4. The summed E-state index contributed by atoms with van der Waals surface area (Å²) in [6.07, 6.45) is 0. The van der Waals surface area contributed by atoms with Crippen molar-refractivity contribution in [2.75, 3.05) is 14.1 Å². The van der Waals surface area contributed by atoms with Crippen molar-refractivity contribution in [3.8, 4) is 5.75 Å². The molecule has 0 N–H and O–H groups in total. The molecule has 0 saturated carbocycles. The number of rotatable bonds is 2. The molecule has 0 aliphatic rings. The second kappa shape index (κ2) is 4.97. The molecule has 2 nitrogen and oxygen atoms in total. The van der Waals surface area contributed by atoms with Crippen LogP contribution in [0, 0.1) is 0 Å². The normalized spacial score (nSPS) is 11.1. The monoisotopic (exact) mass is 253 g/mol. The lowest BCUT2D eigenvalue weighted by Crippen LogP contribution is -2.37. The van der Waals surface area contributed by atoms with Crippen molar-refractivity contribution in [2.24, 2.45) is 0 Å². The van der Waals surface area contributed by atoms with Crippen LogP contribution in [-0.4, -0.2) is 32.2 Å². The first kappa shape index (κ1) is 13.2. The quantitative estimate of drug-likeness (QED) is 0.593. The van der Waals surface area contributed by atoms with E-state index in [0.717, 1.165) is 5.75 Å². The van der Waals surface area contributed by atoms with Gasteiger partial charge in [-0.2, -0.15) is 0 Å². The fourth-order valence-electron chi connectivity index (χ4n) is 1.22. The summed E-state index contributed by atoms with van der Waals surface area (Å²) in [5.41, 5.74) is 0. The molecule has 0 fully saturated rings. The minimum atomic E-state index is -1.28. The Morgan fingerprint density at radius 1 is 1.25 bits per heavy atom. The van der Waals surface area contributed by atoms with Crippen molar-refractivity contribution in [1.82, 2.24) is 4.90 Å². The molecular weight excluding hydrogens is 234 g/mol. The maximum Gasteiger partial charge on any atom is 0.264 e. The average Bonchev–Trinajstić information content (AvgIpc) is 2.16. The highest BCUT2D eigenvalue weighted by atomic mass is 32.1. The summed E-state index contributed by atoms with van der Waals surface area (Å²) < 4.78 is 5.59. The molecule has 1 aromatic carbocycles. The smallest absolute Gasteiger partial charge is 0.264 e. The minimum Gasteiger partial charge on any atom is -0.432 e. The Bertz CT molecular complexity index is 385. The van der Waals surface area contributed by atoms with Crippen molar-refractivity contribution in [2.45, 2.75) is 19.6 Å². The van der Waals surface area contributed by atoms with E-state index in [1.54, 1.807) is 4.90 Å². The summed E-state index contributed by atoms with van der Waals surface area (Å²) in [6.45, 7) is 6.95. The van der Waals surface area contributed by atoms with Gasteiger partial charge in [0.25, 0.3) is 5.17 Å². The maximum atomic E-state index is 5.59. The number of nitrogens with zero attached hydrogens (tertiary/aromatic N) is 1. The van der Waals surface area contributed by atoms with E-state index in [0.29, 0.717) is 5.17 Å². The van der Waals surface area contributed by atoms with Crippen LogP contribution >= 0.6 is 12.2 Å². The molecule has 0 amide bonds. The Morgan fingerprint density at radius 3 is 2.38 bits per heavy atom. The van der Waals surface area contributed by atoms with Gasteiger partial charge < -0.3 is 9.64 Å². The van der Waals surface area contributed by atoms with Gasteiger partial charge in [0.2, 0.25) is 0 Å². The first-order valence-corrected chi connectivity index (χ1v) is 9.21. The Labute approximate surface area is 104 Å². The predicted molar refractivity (Wildman–Crippen MR) is 76.3 cm³/mol. The van der Waals surface area contributed by atoms with Crippen molar-refractivity contribution in [1.29, 1.82) is 0 Å². The highest BCUT2D eigenvalue weighted by Crippen LogP contribution is 2.12. The topological polar surface area (TPSA) is 12.5 Å². The van der Waals surface area contributed by atoms with Gasteiger partial charge in [-0.25, -0.2) is 0 Å². The van der Waals surface area contributed by atoms with Crippen LogP contribution in [0.25, 0.3) is 0 Å². The van der Waals surface area contributed by atoms with E-state index in [9.17, 15) is 0 Å². The second-order valence-corrected chi connectivity index (χ2v) is 10.5. The predicted octanol–water partition coefficient (Wildman–Crippen LogP) is 2.46. The van der Waals surface area contributed by atoms with E-state index in [2.05, 4.69) is 31.8 Å². The maximum absolute atomic E-state index is 5.59. The van der Waals surface area contributed by atoms with E-state index in [1.165, 1.54) is 5.19 Å². The zero-order chi connectivity index (χ0) is 12.3. The molecule has 0 aliphatic carbocycles. The van der Waals surface area contributed by atoms with Crippen molar-refractivity contribution in [3.63, 3.8) is 0 Å². The van der Waals surface area contributed by atoms with Gasteiger partial charge in [0, 0.05) is 14.1 Å². The van der Waals surface area contributed by atoms with Crippen LogP contribution in [0.4, 0.5) is 0 Å². The standard InChI is InChI=1S/C12H19NOSSi/c1-13(2)12(15)14-10-7-6-8-11(9-10)16(3,4)5/h6-9H,1-5H3. The van der Waals surface area contributed by atoms with Gasteiger partial charge in [-0.1, -0.05) is 37.0 Å². The van der Waals surface area contributed by atoms with E-state index >= 15 is 0 Å². The van der Waals surface area contributed by atoms with Crippen LogP contribution < -0.4 is 9.92 Å². The fourth-order valence-corrected chi connectivity index (χ4v) is 2.49. The molecule has 0 radical (unpaired) electrons. The van der Waals surface area contributed by atoms with E-state index in [1.807, 2.05) is 26.2 Å². The molecule has 0 spiro atoms. The Hall–Kier alpha value is -0.873. The summed E-state index contributed by atoms with van der Waals surface area (Å²) >= 11 is 5.11. The summed E-state index contributed by atoms with van der Waals surface area (Å²) in [6, 6.07) is 8.24. The minimum absolute atomic E-state index is 0.493. The Kier molecular flexibility index (Phi) is 4.10. The van der Waals surface area contributed by atoms with Gasteiger partial charge in [0.1, 0.15) is 5.75 Å². The van der Waals surface area contributed by atoms with Crippen LogP contribution in [-0.2, 0) is 0 Å². The number of thiocarbonyl (C=S) groups is 1. The van der Waals surface area contributed by atoms with Crippen molar-refractivity contribution < 1.29 is 4.74 Å². The molecular formula is C12H19NOSSi. The third-order valence-electron chi connectivity index (χ3n) is 2.27. The fraction of sp³-hybridized carbons (Fsp3) is 0.417. The van der Waals surface area contributed by atoms with Crippen LogP contribution in [0.5, 0.6) is 5.75 Å². The molecule has 16 heavy (non-hydrogen) atoms. The van der Waals surface area contributed by atoms with Crippen molar-refractivity contribution >= 4 is 30.7 Å². The number of hydrogen-bond donors (Lipinski definition) is 0. The molecule has 0 aromatic heterocycles. The van der Waals surface area contributed by atoms with Gasteiger partial charge in [-0.15, -0.1) is 0 Å². The lowest BCUT2D eigenvalue weighted by molar-refractivity contribution is 0.449. The highest BCUT2D eigenvalue weighted by Gasteiger charge is 2.16. The first-order chi connectivity index (χ1) is 7.30. The third kappa shape index (κ3) is 3.61. The van der Waals surface area contributed by atoms with E-state index in [4.69, 9.17) is 17.0 Å². The average molecular weight is 253 g/mol. The van der Waals surface area contributed by atoms with Crippen LogP contribution in [0.2, 0.25) is 19.6 Å². The largest absolute Gasteiger partial charge is 0.432 e. The summed E-state index contributed by atoms with van der Waals surface area (Å²) in [4.78, 5) is 1.79. The van der Waals surface area contributed by atoms with Gasteiger partial charge in [0.05, 0.1) is 8.07 Å². The summed E-state index contributed by atoms with van der Waals surface area (Å²) in [7, 11) is 2.48. The SMILES string of the molecule is CN(C)C(=S)Oc1cccc([Si](C)(C)C)c1. The number of hydrogen-bond acceptors (Lipinski definition) is 2. The molecule has 4 heteroatoms. The summed E-state index contributed by atoms with van der Waals surface area (Å²) in [5, 5.41) is 1.87. The Morgan fingerprint density at radius 2 is 1.88 bits per heavy atom. The molecule has 0 saturated heterocycles. The summed E-state index contributed by atoms with van der Waals surface area (Å²) in [5.74, 6) is 0.832. The van der Waals surface area contributed by atoms with Crippen LogP contribution in [0.3, 0.4) is 0 Å². The third-order valence-corrected chi connectivity index (χ3v) is 4.76. The lowest BCUT2D eigenvalue weighted by Gasteiger charge is -2.19. The molecule has 0 unspecified atom stereocenters. The molecule has 1 rings (SSSR count). The molecule has 0 atom stereocenters. The van der Waals surface area contributed by atoms with Gasteiger partial charge >= 0.3 is 0 Å². The molecule has 0 heterocycles. The van der Waals surface area contributed by atoms with Gasteiger partial charge in [0.15, 0.2) is 0 Å². The Balaban J connectivity index is 2.88. The molecule has 0 bridgehead atoms. The zero-order valence-electron chi connectivity index (χ0n) is 10.6. The first-order valence-electron chi connectivity index (χ1n) is 5.30. The second-order valence-electron chi connectivity index (χ2n) is 5.04. The van der Waals surface area contributed by atoms with Crippen molar-refractivity contribution in [3.05, 3.63) is 24.3 Å². The number of ether oxygens (including phenoxy) is 1. The lowest BCUT2D eigenvalue weighted by atomic mass is 10.3. The molecule has 0 aliphatic heterocycles. The molecule has 88 valence electrons. The highest BCUT2D eigenvalue weighted by molar-refractivity contribution is 7.80. The number of benzene rings is 1.